The molecule has 0 saturated carbocycles. The van der Waals surface area contributed by atoms with Crippen molar-refractivity contribution in [3.8, 4) is 0 Å². The molecule has 0 unspecified atom stereocenters. The van der Waals surface area contributed by atoms with E-state index in [1.165, 1.54) is 19.4 Å². The van der Waals surface area contributed by atoms with E-state index in [0.717, 1.165) is 0 Å². The number of aromatic nitrogens is 2. The fourth-order valence-electron chi connectivity index (χ4n) is 2.23. The van der Waals surface area contributed by atoms with E-state index in [9.17, 15) is 14.7 Å². The maximum atomic E-state index is 12.4. The average Bonchev–Trinajstić information content (AvgIpc) is 2.60. The van der Waals surface area contributed by atoms with Crippen molar-refractivity contribution in [2.24, 2.45) is 0 Å². The summed E-state index contributed by atoms with van der Waals surface area (Å²) in [7, 11) is 0. The van der Waals surface area contributed by atoms with Gasteiger partial charge in [0.1, 0.15) is 6.33 Å². The molecule has 0 aliphatic carbocycles. The summed E-state index contributed by atoms with van der Waals surface area (Å²) >= 11 is 0. The fourth-order valence-corrected chi connectivity index (χ4v) is 2.23. The molecule has 0 aromatic carbocycles. The Morgan fingerprint density at radius 2 is 1.95 bits per heavy atom. The molecule has 1 aliphatic rings. The predicted molar refractivity (Wildman–Crippen MR) is 70.9 cm³/mol. The Kier molecular flexibility index (Phi) is 4.29. The second kappa shape index (κ2) is 5.96. The number of aliphatic hydroxyl groups is 1. The van der Waals surface area contributed by atoms with E-state index in [2.05, 4.69) is 9.97 Å². The van der Waals surface area contributed by atoms with Crippen molar-refractivity contribution in [2.45, 2.75) is 20.0 Å². The predicted octanol–water partition coefficient (Wildman–Crippen LogP) is -0.550. The third-order valence-electron chi connectivity index (χ3n) is 3.38. The Balaban J connectivity index is 2.15. The van der Waals surface area contributed by atoms with Gasteiger partial charge >= 0.3 is 0 Å². The van der Waals surface area contributed by atoms with E-state index in [1.807, 2.05) is 0 Å². The SMILES string of the molecule is CC(=O)N1CCN(C(=O)c2cncnc2C)C[C@H](O)C1. The molecule has 0 radical (unpaired) electrons. The Bertz CT molecular complexity index is 520. The van der Waals surface area contributed by atoms with Crippen molar-refractivity contribution >= 4 is 11.8 Å². The summed E-state index contributed by atoms with van der Waals surface area (Å²) in [4.78, 5) is 34.8. The molecule has 0 spiro atoms. The zero-order chi connectivity index (χ0) is 14.7. The standard InChI is InChI=1S/C13H18N4O3/c1-9-12(5-14-8-15-9)13(20)17-4-3-16(10(2)18)6-11(19)7-17/h5,8,11,19H,3-4,6-7H2,1-2H3/t11-/m1/s1. The van der Waals surface area contributed by atoms with Gasteiger partial charge in [-0.05, 0) is 6.92 Å². The van der Waals surface area contributed by atoms with Gasteiger partial charge in [-0.1, -0.05) is 0 Å². The van der Waals surface area contributed by atoms with Gasteiger partial charge in [-0.3, -0.25) is 9.59 Å². The molecule has 1 aromatic rings. The molecule has 1 atom stereocenters. The summed E-state index contributed by atoms with van der Waals surface area (Å²) in [6.45, 7) is 4.47. The first-order valence-electron chi connectivity index (χ1n) is 6.48. The number of hydrogen-bond donors (Lipinski definition) is 1. The lowest BCUT2D eigenvalue weighted by atomic mass is 10.2. The van der Waals surface area contributed by atoms with E-state index in [1.54, 1.807) is 16.7 Å². The second-order valence-corrected chi connectivity index (χ2v) is 4.89. The summed E-state index contributed by atoms with van der Waals surface area (Å²) in [5.74, 6) is -0.315. The molecule has 1 fully saturated rings. The fraction of sp³-hybridized carbons (Fsp3) is 0.538. The topological polar surface area (TPSA) is 86.6 Å². The molecule has 2 amide bonds. The molecule has 7 heteroatoms. The first kappa shape index (κ1) is 14.4. The number of carbonyl (C=O) groups excluding carboxylic acids is 2. The second-order valence-electron chi connectivity index (χ2n) is 4.89. The number of aryl methyl sites for hydroxylation is 1. The molecule has 1 N–H and O–H groups in total. The van der Waals surface area contributed by atoms with Crippen LogP contribution in [0.2, 0.25) is 0 Å². The van der Waals surface area contributed by atoms with Crippen LogP contribution in [0.5, 0.6) is 0 Å². The number of hydrogen-bond acceptors (Lipinski definition) is 5. The van der Waals surface area contributed by atoms with E-state index in [4.69, 9.17) is 0 Å². The van der Waals surface area contributed by atoms with E-state index >= 15 is 0 Å². The molecule has 7 nitrogen and oxygen atoms in total. The highest BCUT2D eigenvalue weighted by molar-refractivity contribution is 5.95. The van der Waals surface area contributed by atoms with Crippen LogP contribution in [-0.2, 0) is 4.79 Å². The van der Waals surface area contributed by atoms with E-state index < -0.39 is 6.10 Å². The summed E-state index contributed by atoms with van der Waals surface area (Å²) in [5, 5.41) is 9.92. The van der Waals surface area contributed by atoms with Gasteiger partial charge in [0.15, 0.2) is 0 Å². The molecular formula is C13H18N4O3. The first-order valence-corrected chi connectivity index (χ1v) is 6.48. The van der Waals surface area contributed by atoms with Gasteiger partial charge in [0.2, 0.25) is 5.91 Å². The molecule has 1 saturated heterocycles. The summed E-state index contributed by atoms with van der Waals surface area (Å²) in [6.07, 6.45) is 2.13. The van der Waals surface area contributed by atoms with Crippen molar-refractivity contribution in [3.63, 3.8) is 0 Å². The van der Waals surface area contributed by atoms with Crippen LogP contribution in [0.15, 0.2) is 12.5 Å². The molecule has 108 valence electrons. The molecule has 1 aromatic heterocycles. The monoisotopic (exact) mass is 278 g/mol. The van der Waals surface area contributed by atoms with Crippen molar-refractivity contribution in [1.29, 1.82) is 0 Å². The van der Waals surface area contributed by atoms with Crippen LogP contribution in [0.3, 0.4) is 0 Å². The van der Waals surface area contributed by atoms with Gasteiger partial charge in [-0.25, -0.2) is 9.97 Å². The van der Waals surface area contributed by atoms with Crippen LogP contribution in [0.4, 0.5) is 0 Å². The number of carbonyl (C=O) groups is 2. The van der Waals surface area contributed by atoms with Crippen LogP contribution >= 0.6 is 0 Å². The molecule has 2 heterocycles. The van der Waals surface area contributed by atoms with Crippen molar-refractivity contribution < 1.29 is 14.7 Å². The normalized spacial score (nSPS) is 19.6. The maximum Gasteiger partial charge on any atom is 0.257 e. The maximum absolute atomic E-state index is 12.4. The van der Waals surface area contributed by atoms with Crippen LogP contribution in [0.1, 0.15) is 23.0 Å². The zero-order valence-electron chi connectivity index (χ0n) is 11.6. The van der Waals surface area contributed by atoms with Crippen molar-refractivity contribution in [3.05, 3.63) is 23.8 Å². The summed E-state index contributed by atoms with van der Waals surface area (Å²) in [5.41, 5.74) is 1.03. The van der Waals surface area contributed by atoms with Crippen LogP contribution in [0, 0.1) is 6.92 Å². The zero-order valence-corrected chi connectivity index (χ0v) is 11.6. The Hall–Kier alpha value is -2.02. The number of rotatable bonds is 1. The molecule has 1 aliphatic heterocycles. The largest absolute Gasteiger partial charge is 0.389 e. The lowest BCUT2D eigenvalue weighted by Gasteiger charge is -2.22. The van der Waals surface area contributed by atoms with E-state index in [-0.39, 0.29) is 24.9 Å². The quantitative estimate of drug-likeness (QED) is 0.745. The lowest BCUT2D eigenvalue weighted by molar-refractivity contribution is -0.129. The minimum Gasteiger partial charge on any atom is -0.389 e. The van der Waals surface area contributed by atoms with Gasteiger partial charge in [0.05, 0.1) is 17.4 Å². The van der Waals surface area contributed by atoms with Gasteiger partial charge in [-0.15, -0.1) is 0 Å². The lowest BCUT2D eigenvalue weighted by Crippen LogP contribution is -2.38. The molecule has 0 bridgehead atoms. The van der Waals surface area contributed by atoms with Gasteiger partial charge in [0.25, 0.3) is 5.91 Å². The van der Waals surface area contributed by atoms with Gasteiger partial charge in [0, 0.05) is 39.3 Å². The minimum atomic E-state index is -0.740. The smallest absolute Gasteiger partial charge is 0.257 e. The number of aliphatic hydroxyl groups excluding tert-OH is 1. The Labute approximate surface area is 117 Å². The average molecular weight is 278 g/mol. The molecular weight excluding hydrogens is 260 g/mol. The van der Waals surface area contributed by atoms with Crippen LogP contribution < -0.4 is 0 Å². The van der Waals surface area contributed by atoms with E-state index in [0.29, 0.717) is 24.3 Å². The Morgan fingerprint density at radius 1 is 1.30 bits per heavy atom. The third-order valence-corrected chi connectivity index (χ3v) is 3.38. The van der Waals surface area contributed by atoms with Gasteiger partial charge < -0.3 is 14.9 Å². The summed E-state index contributed by atoms with van der Waals surface area (Å²) in [6, 6.07) is 0. The van der Waals surface area contributed by atoms with Crippen molar-refractivity contribution in [1.82, 2.24) is 19.8 Å². The highest BCUT2D eigenvalue weighted by Crippen LogP contribution is 2.11. The summed E-state index contributed by atoms with van der Waals surface area (Å²) < 4.78 is 0. The highest BCUT2D eigenvalue weighted by Gasteiger charge is 2.27. The molecule has 20 heavy (non-hydrogen) atoms. The third kappa shape index (κ3) is 3.11. The first-order chi connectivity index (χ1) is 9.49. The number of β-amino-alcohol motifs (C(OH)–C–C–N with tert-alkyl or cyclic N) is 1. The van der Waals surface area contributed by atoms with Crippen molar-refractivity contribution in [2.75, 3.05) is 26.2 Å². The minimum absolute atomic E-state index is 0.0995. The van der Waals surface area contributed by atoms with Gasteiger partial charge in [-0.2, -0.15) is 0 Å². The number of nitrogens with zero attached hydrogens (tertiary/aromatic N) is 4. The molecule has 2 rings (SSSR count). The van der Waals surface area contributed by atoms with Crippen LogP contribution in [-0.4, -0.2) is 69.0 Å². The number of amides is 2. The van der Waals surface area contributed by atoms with Crippen LogP contribution in [0.25, 0.3) is 0 Å². The highest BCUT2D eigenvalue weighted by atomic mass is 16.3. The Morgan fingerprint density at radius 3 is 2.60 bits per heavy atom.